The van der Waals surface area contributed by atoms with E-state index in [1.807, 2.05) is 0 Å². The summed E-state index contributed by atoms with van der Waals surface area (Å²) >= 11 is 0. The highest BCUT2D eigenvalue weighted by Crippen LogP contribution is 2.38. The molecule has 2 fully saturated rings. The summed E-state index contributed by atoms with van der Waals surface area (Å²) in [6.45, 7) is 7.01. The molecule has 124 valence electrons. The van der Waals surface area contributed by atoms with Crippen molar-refractivity contribution in [1.82, 2.24) is 24.8 Å². The predicted octanol–water partition coefficient (Wildman–Crippen LogP) is 2.82. The molecular weight excluding hydrogens is 290 g/mol. The van der Waals surface area contributed by atoms with Crippen molar-refractivity contribution in [3.63, 3.8) is 0 Å². The lowest BCUT2D eigenvalue weighted by Crippen LogP contribution is -2.42. The van der Waals surface area contributed by atoms with E-state index in [2.05, 4.69) is 44.7 Å². The highest BCUT2D eigenvalue weighted by atomic mass is 16.5. The second kappa shape index (κ2) is 6.07. The largest absolute Gasteiger partial charge is 0.338 e. The molecule has 1 aliphatic carbocycles. The number of likely N-dealkylation sites (tertiary alicyclic amines) is 1. The van der Waals surface area contributed by atoms with Gasteiger partial charge in [0.05, 0.1) is 18.8 Å². The Balaban J connectivity index is 1.44. The molecule has 0 aromatic carbocycles. The molecule has 23 heavy (non-hydrogen) atoms. The van der Waals surface area contributed by atoms with Gasteiger partial charge in [-0.2, -0.15) is 10.1 Å². The van der Waals surface area contributed by atoms with Crippen LogP contribution in [-0.4, -0.2) is 37.4 Å². The summed E-state index contributed by atoms with van der Waals surface area (Å²) in [4.78, 5) is 7.08. The normalized spacial score (nSPS) is 22.6. The zero-order chi connectivity index (χ0) is 15.8. The van der Waals surface area contributed by atoms with Crippen LogP contribution in [0.1, 0.15) is 61.1 Å². The predicted molar refractivity (Wildman–Crippen MR) is 86.0 cm³/mol. The first-order chi connectivity index (χ1) is 11.2. The SMILES string of the molecule is Cc1cc(C)n(C[C@@H]2CCCCN2Cc2nc(C3CC3)no2)n1. The van der Waals surface area contributed by atoms with E-state index in [0.29, 0.717) is 12.0 Å². The Morgan fingerprint density at radius 1 is 1.22 bits per heavy atom. The Morgan fingerprint density at radius 3 is 2.83 bits per heavy atom. The van der Waals surface area contributed by atoms with Crippen LogP contribution in [0.2, 0.25) is 0 Å². The molecule has 1 atom stereocenters. The van der Waals surface area contributed by atoms with E-state index >= 15 is 0 Å². The number of aromatic nitrogens is 4. The molecular formula is C17H25N5O. The van der Waals surface area contributed by atoms with Gasteiger partial charge in [-0.3, -0.25) is 9.58 Å². The van der Waals surface area contributed by atoms with Crippen LogP contribution in [-0.2, 0) is 13.1 Å². The number of piperidine rings is 1. The van der Waals surface area contributed by atoms with Crippen molar-refractivity contribution >= 4 is 0 Å². The molecule has 0 amide bonds. The standard InChI is InChI=1S/C17H25N5O/c1-12-9-13(2)22(19-12)10-15-5-3-4-8-21(15)11-16-18-17(20-23-16)14-6-7-14/h9,14-15H,3-8,10-11H2,1-2H3/t15-/m0/s1. The minimum absolute atomic E-state index is 0.498. The van der Waals surface area contributed by atoms with E-state index in [9.17, 15) is 0 Å². The van der Waals surface area contributed by atoms with E-state index in [1.165, 1.54) is 37.8 Å². The molecule has 0 spiro atoms. The Labute approximate surface area is 136 Å². The lowest BCUT2D eigenvalue weighted by molar-refractivity contribution is 0.107. The van der Waals surface area contributed by atoms with Crippen LogP contribution in [0.25, 0.3) is 0 Å². The minimum Gasteiger partial charge on any atom is -0.338 e. The maximum Gasteiger partial charge on any atom is 0.240 e. The quantitative estimate of drug-likeness (QED) is 0.849. The van der Waals surface area contributed by atoms with Crippen LogP contribution in [0.4, 0.5) is 0 Å². The Morgan fingerprint density at radius 2 is 2.09 bits per heavy atom. The molecule has 0 N–H and O–H groups in total. The summed E-state index contributed by atoms with van der Waals surface area (Å²) in [5.74, 6) is 2.23. The lowest BCUT2D eigenvalue weighted by atomic mass is 10.0. The number of hydrogen-bond donors (Lipinski definition) is 0. The van der Waals surface area contributed by atoms with Crippen molar-refractivity contribution in [1.29, 1.82) is 0 Å². The average molecular weight is 315 g/mol. The third-order valence-corrected chi connectivity index (χ3v) is 5.00. The minimum atomic E-state index is 0.498. The molecule has 1 saturated heterocycles. The summed E-state index contributed by atoms with van der Waals surface area (Å²) in [6, 6.07) is 2.64. The van der Waals surface area contributed by atoms with Crippen LogP contribution < -0.4 is 0 Å². The van der Waals surface area contributed by atoms with E-state index in [4.69, 9.17) is 4.52 Å². The Hall–Kier alpha value is -1.69. The monoisotopic (exact) mass is 315 g/mol. The van der Waals surface area contributed by atoms with Crippen molar-refractivity contribution in [2.45, 2.75) is 71.0 Å². The van der Waals surface area contributed by atoms with Crippen molar-refractivity contribution in [3.05, 3.63) is 29.2 Å². The Kier molecular flexibility index (Phi) is 3.93. The summed E-state index contributed by atoms with van der Waals surface area (Å²) in [5, 5.41) is 8.76. The number of aryl methyl sites for hydroxylation is 2. The Bertz CT molecular complexity index is 672. The molecule has 0 radical (unpaired) electrons. The van der Waals surface area contributed by atoms with Crippen molar-refractivity contribution in [2.75, 3.05) is 6.54 Å². The lowest BCUT2D eigenvalue weighted by Gasteiger charge is -2.34. The molecule has 1 saturated carbocycles. The molecule has 2 aromatic heterocycles. The van der Waals surface area contributed by atoms with Crippen molar-refractivity contribution < 1.29 is 4.52 Å². The van der Waals surface area contributed by atoms with Gasteiger partial charge in [0, 0.05) is 17.7 Å². The third kappa shape index (κ3) is 3.32. The van der Waals surface area contributed by atoms with Crippen LogP contribution >= 0.6 is 0 Å². The fraction of sp³-hybridized carbons (Fsp3) is 0.706. The average Bonchev–Trinajstić information content (AvgIpc) is 3.20. The number of rotatable bonds is 5. The fourth-order valence-corrected chi connectivity index (χ4v) is 3.55. The molecule has 4 rings (SSSR count). The van der Waals surface area contributed by atoms with Crippen LogP contribution in [0.15, 0.2) is 10.6 Å². The maximum atomic E-state index is 5.47. The second-order valence-corrected chi connectivity index (χ2v) is 7.05. The molecule has 6 heteroatoms. The van der Waals surface area contributed by atoms with E-state index < -0.39 is 0 Å². The van der Waals surface area contributed by atoms with Crippen LogP contribution in [0.5, 0.6) is 0 Å². The van der Waals surface area contributed by atoms with Crippen molar-refractivity contribution in [3.8, 4) is 0 Å². The first kappa shape index (κ1) is 14.9. The third-order valence-electron chi connectivity index (χ3n) is 5.00. The maximum absolute atomic E-state index is 5.47. The summed E-state index contributed by atoms with van der Waals surface area (Å²) < 4.78 is 7.61. The number of nitrogens with zero attached hydrogens (tertiary/aromatic N) is 5. The molecule has 2 aliphatic rings. The highest BCUT2D eigenvalue weighted by Gasteiger charge is 2.30. The van der Waals surface area contributed by atoms with Gasteiger partial charge in [-0.25, -0.2) is 0 Å². The number of hydrogen-bond acceptors (Lipinski definition) is 5. The summed E-state index contributed by atoms with van der Waals surface area (Å²) in [7, 11) is 0. The van der Waals surface area contributed by atoms with Gasteiger partial charge in [0.2, 0.25) is 5.89 Å². The summed E-state index contributed by atoms with van der Waals surface area (Å²) in [6.07, 6.45) is 6.17. The van der Waals surface area contributed by atoms with Gasteiger partial charge in [0.1, 0.15) is 0 Å². The van der Waals surface area contributed by atoms with Crippen LogP contribution in [0, 0.1) is 13.8 Å². The first-order valence-corrected chi connectivity index (χ1v) is 8.76. The molecule has 0 unspecified atom stereocenters. The van der Waals surface area contributed by atoms with Gasteiger partial charge in [-0.15, -0.1) is 0 Å². The van der Waals surface area contributed by atoms with Gasteiger partial charge in [0.15, 0.2) is 5.82 Å². The van der Waals surface area contributed by atoms with E-state index in [1.54, 1.807) is 0 Å². The molecule has 0 bridgehead atoms. The van der Waals surface area contributed by atoms with Gasteiger partial charge >= 0.3 is 0 Å². The summed E-state index contributed by atoms with van der Waals surface area (Å²) in [5.41, 5.74) is 2.33. The zero-order valence-corrected chi connectivity index (χ0v) is 14.0. The van der Waals surface area contributed by atoms with E-state index in [-0.39, 0.29) is 0 Å². The van der Waals surface area contributed by atoms with Gasteiger partial charge in [-0.1, -0.05) is 11.6 Å². The molecule has 1 aliphatic heterocycles. The molecule has 2 aromatic rings. The van der Waals surface area contributed by atoms with Gasteiger partial charge < -0.3 is 4.52 Å². The topological polar surface area (TPSA) is 60.0 Å². The molecule has 6 nitrogen and oxygen atoms in total. The molecule has 3 heterocycles. The van der Waals surface area contributed by atoms with Gasteiger partial charge in [0.25, 0.3) is 0 Å². The highest BCUT2D eigenvalue weighted by molar-refractivity contribution is 5.07. The van der Waals surface area contributed by atoms with E-state index in [0.717, 1.165) is 37.0 Å². The zero-order valence-electron chi connectivity index (χ0n) is 14.0. The fourth-order valence-electron chi connectivity index (χ4n) is 3.55. The van der Waals surface area contributed by atoms with Gasteiger partial charge in [-0.05, 0) is 52.1 Å². The smallest absolute Gasteiger partial charge is 0.240 e. The van der Waals surface area contributed by atoms with Crippen molar-refractivity contribution in [2.24, 2.45) is 0 Å². The van der Waals surface area contributed by atoms with Crippen LogP contribution in [0.3, 0.4) is 0 Å². The second-order valence-electron chi connectivity index (χ2n) is 7.05. The first-order valence-electron chi connectivity index (χ1n) is 8.76.